The molecule has 0 radical (unpaired) electrons. The fraction of sp³-hybridized carbons (Fsp3) is 0.952. The van der Waals surface area contributed by atoms with Crippen molar-refractivity contribution < 1.29 is 0 Å². The van der Waals surface area contributed by atoms with Gasteiger partial charge in [-0.1, -0.05) is 215 Å². The van der Waals surface area contributed by atoms with Gasteiger partial charge in [0, 0.05) is 0 Å². The summed E-state index contributed by atoms with van der Waals surface area (Å²) in [6.07, 6.45) is 40.4. The van der Waals surface area contributed by atoms with E-state index in [4.69, 9.17) is 0 Å². The van der Waals surface area contributed by atoms with Gasteiger partial charge in [-0.3, -0.25) is 0 Å². The first kappa shape index (κ1) is 39.8. The van der Waals surface area contributed by atoms with Crippen LogP contribution in [0.4, 0.5) is 0 Å². The first-order valence-electron chi connectivity index (χ1n) is 20.1. The Hall–Kier alpha value is -0.260. The zero-order valence-corrected chi connectivity index (χ0v) is 30.8. The highest BCUT2D eigenvalue weighted by atomic mass is 14.6. The summed E-state index contributed by atoms with van der Waals surface area (Å²) in [4.78, 5) is 0. The van der Waals surface area contributed by atoms with E-state index in [1.165, 1.54) is 167 Å². The fourth-order valence-electron chi connectivity index (χ4n) is 9.01. The van der Waals surface area contributed by atoms with Gasteiger partial charge in [-0.05, 0) is 54.3 Å². The van der Waals surface area contributed by atoms with Gasteiger partial charge in [0.05, 0.1) is 0 Å². The van der Waals surface area contributed by atoms with Crippen molar-refractivity contribution in [2.45, 2.75) is 222 Å². The third kappa shape index (κ3) is 14.7. The molecule has 0 N–H and O–H groups in total. The minimum atomic E-state index is 0.512. The van der Waals surface area contributed by atoms with E-state index < -0.39 is 0 Å². The highest BCUT2D eigenvalue weighted by Crippen LogP contribution is 2.64. The molecule has 5 unspecified atom stereocenters. The predicted octanol–water partition coefficient (Wildman–Crippen LogP) is 15.3. The Morgan fingerprint density at radius 3 is 1.26 bits per heavy atom. The lowest BCUT2D eigenvalue weighted by Crippen LogP contribution is -2.57. The molecule has 1 aliphatic rings. The fourth-order valence-corrected chi connectivity index (χ4v) is 9.01. The van der Waals surface area contributed by atoms with Gasteiger partial charge in [0.15, 0.2) is 0 Å². The molecule has 250 valence electrons. The van der Waals surface area contributed by atoms with E-state index in [0.29, 0.717) is 17.3 Å². The lowest BCUT2D eigenvalue weighted by atomic mass is 9.41. The molecule has 0 aromatic heterocycles. The molecule has 1 rings (SSSR count). The number of hydrogen-bond acceptors (Lipinski definition) is 0. The van der Waals surface area contributed by atoms with E-state index in [2.05, 4.69) is 61.5 Å². The maximum atomic E-state index is 2.76. The standard InChI is InChI=1S/C42H82/c1-9-13-14-15-16-17-18-19-20-21-22-23-24-25-26-27-28-29-30-31-32-34-38(36(5)6)35-37(7)42(8)40(12-4)39(11-3)41(42)33-10-2/h35-37,39-41H,9-34H2,1-8H3. The Morgan fingerprint density at radius 2 is 0.929 bits per heavy atom. The molecule has 1 fully saturated rings. The zero-order valence-electron chi connectivity index (χ0n) is 30.8. The van der Waals surface area contributed by atoms with Gasteiger partial charge in [0.1, 0.15) is 0 Å². The Kier molecular flexibility index (Phi) is 23.7. The minimum Gasteiger partial charge on any atom is -0.0817 e. The lowest BCUT2D eigenvalue weighted by molar-refractivity contribution is -0.142. The average Bonchev–Trinajstić information content (AvgIpc) is 2.98. The summed E-state index contributed by atoms with van der Waals surface area (Å²) in [5, 5.41) is 0. The summed E-state index contributed by atoms with van der Waals surface area (Å²) < 4.78 is 0. The summed E-state index contributed by atoms with van der Waals surface area (Å²) in [6, 6.07) is 0. The van der Waals surface area contributed by atoms with Crippen LogP contribution in [0.15, 0.2) is 11.6 Å². The number of hydrogen-bond donors (Lipinski definition) is 0. The highest BCUT2D eigenvalue weighted by molar-refractivity contribution is 5.15. The molecule has 0 amide bonds. The molecule has 42 heavy (non-hydrogen) atoms. The van der Waals surface area contributed by atoms with Gasteiger partial charge < -0.3 is 0 Å². The van der Waals surface area contributed by atoms with Crippen molar-refractivity contribution in [2.24, 2.45) is 35.0 Å². The van der Waals surface area contributed by atoms with Crippen molar-refractivity contribution in [2.75, 3.05) is 0 Å². The van der Waals surface area contributed by atoms with Crippen LogP contribution in [-0.4, -0.2) is 0 Å². The zero-order chi connectivity index (χ0) is 31.1. The summed E-state index contributed by atoms with van der Waals surface area (Å²) in [7, 11) is 0. The van der Waals surface area contributed by atoms with Crippen molar-refractivity contribution in [3.8, 4) is 0 Å². The third-order valence-corrected chi connectivity index (χ3v) is 11.9. The second-order valence-electron chi connectivity index (χ2n) is 15.4. The van der Waals surface area contributed by atoms with Crippen LogP contribution in [-0.2, 0) is 0 Å². The topological polar surface area (TPSA) is 0 Å². The van der Waals surface area contributed by atoms with Crippen LogP contribution in [0.5, 0.6) is 0 Å². The Bertz CT molecular complexity index is 628. The van der Waals surface area contributed by atoms with Crippen molar-refractivity contribution in [1.29, 1.82) is 0 Å². The van der Waals surface area contributed by atoms with Crippen LogP contribution in [0, 0.1) is 35.0 Å². The molecule has 0 aromatic rings. The predicted molar refractivity (Wildman–Crippen MR) is 193 cm³/mol. The van der Waals surface area contributed by atoms with E-state index in [1.807, 2.05) is 0 Å². The van der Waals surface area contributed by atoms with Crippen LogP contribution >= 0.6 is 0 Å². The Balaban J connectivity index is 2.09. The molecular formula is C42H82. The Labute approximate surface area is 268 Å². The van der Waals surface area contributed by atoms with Crippen LogP contribution in [0.25, 0.3) is 0 Å². The van der Waals surface area contributed by atoms with Crippen molar-refractivity contribution in [3.63, 3.8) is 0 Å². The van der Waals surface area contributed by atoms with E-state index in [9.17, 15) is 0 Å². The second-order valence-corrected chi connectivity index (χ2v) is 15.4. The first-order chi connectivity index (χ1) is 20.4. The van der Waals surface area contributed by atoms with Crippen LogP contribution in [0.2, 0.25) is 0 Å². The minimum absolute atomic E-state index is 0.512. The molecule has 0 aliphatic heterocycles. The molecule has 0 heteroatoms. The number of allylic oxidation sites excluding steroid dienone is 2. The molecule has 5 atom stereocenters. The molecule has 0 aromatic carbocycles. The van der Waals surface area contributed by atoms with Gasteiger partial charge in [-0.15, -0.1) is 0 Å². The maximum Gasteiger partial charge on any atom is -0.0200 e. The van der Waals surface area contributed by atoms with Crippen molar-refractivity contribution >= 4 is 0 Å². The number of unbranched alkanes of at least 4 members (excludes halogenated alkanes) is 20. The first-order valence-corrected chi connectivity index (χ1v) is 20.1. The molecule has 0 saturated heterocycles. The van der Waals surface area contributed by atoms with Gasteiger partial charge in [0.25, 0.3) is 0 Å². The molecule has 0 spiro atoms. The van der Waals surface area contributed by atoms with Crippen LogP contribution < -0.4 is 0 Å². The average molecular weight is 587 g/mol. The molecule has 0 bridgehead atoms. The molecular weight excluding hydrogens is 504 g/mol. The van der Waals surface area contributed by atoms with E-state index in [0.717, 1.165) is 17.8 Å². The smallest absolute Gasteiger partial charge is 0.0200 e. The van der Waals surface area contributed by atoms with Gasteiger partial charge in [-0.25, -0.2) is 0 Å². The molecule has 0 nitrogen and oxygen atoms in total. The van der Waals surface area contributed by atoms with Gasteiger partial charge in [0.2, 0.25) is 0 Å². The van der Waals surface area contributed by atoms with E-state index in [1.54, 1.807) is 5.57 Å². The SMILES string of the molecule is CCCCCCCCCCCCCCCCCCCCCCCC(=CC(C)C1(C)C(CC)C(CC)C1CCC)C(C)C. The molecule has 1 aliphatic carbocycles. The second kappa shape index (κ2) is 25.0. The lowest BCUT2D eigenvalue weighted by Gasteiger charge is -2.63. The molecule has 1 saturated carbocycles. The van der Waals surface area contributed by atoms with Crippen LogP contribution in [0.3, 0.4) is 0 Å². The van der Waals surface area contributed by atoms with E-state index in [-0.39, 0.29) is 0 Å². The van der Waals surface area contributed by atoms with E-state index >= 15 is 0 Å². The largest absolute Gasteiger partial charge is 0.0817 e. The highest BCUT2D eigenvalue weighted by Gasteiger charge is 2.57. The summed E-state index contributed by atoms with van der Waals surface area (Å²) in [5.74, 6) is 4.24. The quantitative estimate of drug-likeness (QED) is 0.0604. The Morgan fingerprint density at radius 1 is 0.524 bits per heavy atom. The van der Waals surface area contributed by atoms with Gasteiger partial charge in [-0.2, -0.15) is 0 Å². The maximum absolute atomic E-state index is 2.76. The summed E-state index contributed by atoms with van der Waals surface area (Å²) >= 11 is 0. The summed E-state index contributed by atoms with van der Waals surface area (Å²) in [5.41, 5.74) is 2.27. The normalized spacial score (nSPS) is 23.5. The van der Waals surface area contributed by atoms with Crippen molar-refractivity contribution in [3.05, 3.63) is 11.6 Å². The van der Waals surface area contributed by atoms with Crippen molar-refractivity contribution in [1.82, 2.24) is 0 Å². The molecule has 0 heterocycles. The van der Waals surface area contributed by atoms with Gasteiger partial charge >= 0.3 is 0 Å². The summed E-state index contributed by atoms with van der Waals surface area (Å²) in [6.45, 7) is 19.7. The monoisotopic (exact) mass is 587 g/mol. The third-order valence-electron chi connectivity index (χ3n) is 11.9. The number of rotatable bonds is 29. The van der Waals surface area contributed by atoms with Crippen LogP contribution in [0.1, 0.15) is 222 Å².